The first-order chi connectivity index (χ1) is 7.65. The molecule has 0 fully saturated rings. The van der Waals surface area contributed by atoms with E-state index >= 15 is 0 Å². The molecule has 0 radical (unpaired) electrons. The molecule has 0 aromatic heterocycles. The Bertz CT molecular complexity index is 388. The number of halogens is 1. The lowest BCUT2D eigenvalue weighted by Gasteiger charge is -2.03. The van der Waals surface area contributed by atoms with Crippen molar-refractivity contribution < 1.29 is 18.7 Å². The third-order valence-corrected chi connectivity index (χ3v) is 1.95. The highest BCUT2D eigenvalue weighted by Crippen LogP contribution is 2.09. The van der Waals surface area contributed by atoms with Crippen molar-refractivity contribution in [1.82, 2.24) is 0 Å². The number of hydrogen-bond acceptors (Lipinski definition) is 3. The van der Waals surface area contributed by atoms with E-state index in [1.165, 1.54) is 18.2 Å². The summed E-state index contributed by atoms with van der Waals surface area (Å²) in [6.07, 6.45) is 0.278. The van der Waals surface area contributed by atoms with Crippen LogP contribution in [0.15, 0.2) is 24.3 Å². The van der Waals surface area contributed by atoms with Crippen LogP contribution in [-0.2, 0) is 9.53 Å². The summed E-state index contributed by atoms with van der Waals surface area (Å²) in [4.78, 5) is 22.6. The molecule has 4 heteroatoms. The highest BCUT2D eigenvalue weighted by atomic mass is 19.1. The summed E-state index contributed by atoms with van der Waals surface area (Å²) in [6.45, 7) is 2.13. The van der Waals surface area contributed by atoms with E-state index in [0.29, 0.717) is 6.42 Å². The van der Waals surface area contributed by atoms with Crippen molar-refractivity contribution in [2.45, 2.75) is 19.8 Å². The summed E-state index contributed by atoms with van der Waals surface area (Å²) in [7, 11) is 0. The molecular weight excluding hydrogens is 211 g/mol. The van der Waals surface area contributed by atoms with Gasteiger partial charge in [-0.15, -0.1) is 0 Å². The van der Waals surface area contributed by atoms with Gasteiger partial charge in [-0.3, -0.25) is 9.59 Å². The molecule has 0 saturated heterocycles. The van der Waals surface area contributed by atoms with Gasteiger partial charge in [0.1, 0.15) is 12.2 Å². The molecule has 0 saturated carbocycles. The number of Topliss-reactive ketones (excluding diaryl/α,β-unsaturated/α-hetero) is 1. The Labute approximate surface area is 93.2 Å². The summed E-state index contributed by atoms with van der Waals surface area (Å²) >= 11 is 0. The molecule has 0 spiro atoms. The van der Waals surface area contributed by atoms with Gasteiger partial charge in [0.05, 0.1) is 12.2 Å². The molecule has 0 heterocycles. The van der Waals surface area contributed by atoms with Crippen LogP contribution in [0.2, 0.25) is 0 Å². The predicted molar refractivity (Wildman–Crippen MR) is 56.6 cm³/mol. The maximum atomic E-state index is 13.2. The molecule has 1 aromatic carbocycles. The molecule has 3 nitrogen and oxygen atoms in total. The van der Waals surface area contributed by atoms with E-state index in [1.54, 1.807) is 6.07 Å². The fourth-order valence-electron chi connectivity index (χ4n) is 1.18. The molecular formula is C12H13FO3. The van der Waals surface area contributed by atoms with Crippen LogP contribution in [0.25, 0.3) is 0 Å². The van der Waals surface area contributed by atoms with Crippen molar-refractivity contribution in [3.8, 4) is 0 Å². The average molecular weight is 224 g/mol. The monoisotopic (exact) mass is 224 g/mol. The molecule has 0 aliphatic carbocycles. The maximum Gasteiger partial charge on any atom is 0.313 e. The minimum atomic E-state index is -0.616. The average Bonchev–Trinajstić information content (AvgIpc) is 2.26. The summed E-state index contributed by atoms with van der Waals surface area (Å²) in [5, 5.41) is 0. The zero-order valence-electron chi connectivity index (χ0n) is 9.03. The Morgan fingerprint density at radius 3 is 2.62 bits per heavy atom. The van der Waals surface area contributed by atoms with E-state index in [4.69, 9.17) is 4.74 Å². The van der Waals surface area contributed by atoms with Crippen LogP contribution in [0.1, 0.15) is 30.1 Å². The zero-order valence-corrected chi connectivity index (χ0v) is 9.03. The molecule has 0 aliphatic rings. The number of benzene rings is 1. The second-order valence-electron chi connectivity index (χ2n) is 3.30. The van der Waals surface area contributed by atoms with Crippen molar-refractivity contribution >= 4 is 11.8 Å². The largest absolute Gasteiger partial charge is 0.465 e. The van der Waals surface area contributed by atoms with Crippen LogP contribution in [0, 0.1) is 5.82 Å². The van der Waals surface area contributed by atoms with Gasteiger partial charge in [-0.2, -0.15) is 0 Å². The van der Waals surface area contributed by atoms with Gasteiger partial charge < -0.3 is 4.74 Å². The van der Waals surface area contributed by atoms with Gasteiger partial charge in [0.2, 0.25) is 0 Å². The molecule has 0 bridgehead atoms. The van der Waals surface area contributed by atoms with Crippen molar-refractivity contribution in [2.24, 2.45) is 0 Å². The van der Waals surface area contributed by atoms with E-state index in [2.05, 4.69) is 0 Å². The molecule has 0 unspecified atom stereocenters. The Hall–Kier alpha value is -1.71. The number of ketones is 1. The highest BCUT2D eigenvalue weighted by Gasteiger charge is 2.15. The first-order valence-corrected chi connectivity index (χ1v) is 5.08. The van der Waals surface area contributed by atoms with E-state index in [1.807, 2.05) is 6.92 Å². The Kier molecular flexibility index (Phi) is 4.64. The molecule has 0 atom stereocenters. The summed E-state index contributed by atoms with van der Waals surface area (Å²) < 4.78 is 17.9. The summed E-state index contributed by atoms with van der Waals surface area (Å²) in [6, 6.07) is 5.57. The smallest absolute Gasteiger partial charge is 0.313 e. The van der Waals surface area contributed by atoms with Crippen LogP contribution in [0.5, 0.6) is 0 Å². The SMILES string of the molecule is CCCOC(=O)CC(=O)c1ccccc1F. The molecule has 0 aliphatic heterocycles. The number of carbonyl (C=O) groups excluding carboxylic acids is 2. The van der Waals surface area contributed by atoms with Gasteiger partial charge in [0, 0.05) is 0 Å². The second kappa shape index (κ2) is 6.00. The fourth-order valence-corrected chi connectivity index (χ4v) is 1.18. The summed E-state index contributed by atoms with van der Waals surface area (Å²) in [5.41, 5.74) is -0.0732. The van der Waals surface area contributed by atoms with Crippen LogP contribution < -0.4 is 0 Å². The third kappa shape index (κ3) is 3.46. The molecule has 1 rings (SSSR count). The predicted octanol–water partition coefficient (Wildman–Crippen LogP) is 2.35. The number of esters is 1. The number of carbonyl (C=O) groups is 2. The van der Waals surface area contributed by atoms with Crippen LogP contribution in [0.4, 0.5) is 4.39 Å². The van der Waals surface area contributed by atoms with E-state index < -0.39 is 24.0 Å². The molecule has 0 N–H and O–H groups in total. The van der Waals surface area contributed by atoms with Gasteiger partial charge in [-0.05, 0) is 18.6 Å². The number of hydrogen-bond donors (Lipinski definition) is 0. The Morgan fingerprint density at radius 2 is 2.00 bits per heavy atom. The normalized spacial score (nSPS) is 9.88. The van der Waals surface area contributed by atoms with E-state index in [-0.39, 0.29) is 12.2 Å². The number of ether oxygens (including phenoxy) is 1. The van der Waals surface area contributed by atoms with Gasteiger partial charge in [0.15, 0.2) is 5.78 Å². The third-order valence-electron chi connectivity index (χ3n) is 1.95. The van der Waals surface area contributed by atoms with Crippen molar-refractivity contribution in [3.05, 3.63) is 35.6 Å². The molecule has 86 valence electrons. The first kappa shape index (κ1) is 12.4. The molecule has 16 heavy (non-hydrogen) atoms. The van der Waals surface area contributed by atoms with Crippen molar-refractivity contribution in [1.29, 1.82) is 0 Å². The Balaban J connectivity index is 2.59. The minimum Gasteiger partial charge on any atom is -0.465 e. The van der Waals surface area contributed by atoms with Gasteiger partial charge in [-0.25, -0.2) is 4.39 Å². The first-order valence-electron chi connectivity index (χ1n) is 5.08. The highest BCUT2D eigenvalue weighted by molar-refractivity contribution is 6.06. The topological polar surface area (TPSA) is 43.4 Å². The standard InChI is InChI=1S/C12H13FO3/c1-2-7-16-12(15)8-11(14)9-5-3-4-6-10(9)13/h3-6H,2,7-8H2,1H3. The lowest BCUT2D eigenvalue weighted by Crippen LogP contribution is -2.13. The minimum absolute atomic E-state index is 0.0732. The van der Waals surface area contributed by atoms with Crippen LogP contribution >= 0.6 is 0 Å². The molecule has 0 amide bonds. The maximum absolute atomic E-state index is 13.2. The molecule has 1 aromatic rings. The zero-order chi connectivity index (χ0) is 12.0. The van der Waals surface area contributed by atoms with E-state index in [9.17, 15) is 14.0 Å². The quantitative estimate of drug-likeness (QED) is 0.438. The number of rotatable bonds is 5. The van der Waals surface area contributed by atoms with Gasteiger partial charge in [0.25, 0.3) is 0 Å². The summed E-state index contributed by atoms with van der Waals surface area (Å²) in [5.74, 6) is -1.79. The van der Waals surface area contributed by atoms with Crippen LogP contribution in [0.3, 0.4) is 0 Å². The van der Waals surface area contributed by atoms with E-state index in [0.717, 1.165) is 0 Å². The van der Waals surface area contributed by atoms with Crippen molar-refractivity contribution in [2.75, 3.05) is 6.61 Å². The Morgan fingerprint density at radius 1 is 1.31 bits per heavy atom. The van der Waals surface area contributed by atoms with Crippen LogP contribution in [-0.4, -0.2) is 18.4 Å². The lowest BCUT2D eigenvalue weighted by atomic mass is 10.1. The fraction of sp³-hybridized carbons (Fsp3) is 0.333. The second-order valence-corrected chi connectivity index (χ2v) is 3.30. The van der Waals surface area contributed by atoms with Crippen molar-refractivity contribution in [3.63, 3.8) is 0 Å². The van der Waals surface area contributed by atoms with Gasteiger partial charge >= 0.3 is 5.97 Å². The van der Waals surface area contributed by atoms with Gasteiger partial charge in [-0.1, -0.05) is 19.1 Å². The lowest BCUT2D eigenvalue weighted by molar-refractivity contribution is -0.142.